The molecule has 1 aliphatic carbocycles. The molecule has 4 nitrogen and oxygen atoms in total. The third kappa shape index (κ3) is 3.53. The van der Waals surface area contributed by atoms with E-state index < -0.39 is 0 Å². The molecule has 0 aliphatic heterocycles. The number of amides is 1. The van der Waals surface area contributed by atoms with Crippen molar-refractivity contribution in [3.8, 4) is 0 Å². The van der Waals surface area contributed by atoms with Crippen molar-refractivity contribution < 1.29 is 4.79 Å². The van der Waals surface area contributed by atoms with Crippen LogP contribution in [-0.4, -0.2) is 23.5 Å². The molecule has 1 aromatic rings. The van der Waals surface area contributed by atoms with Crippen molar-refractivity contribution >= 4 is 11.6 Å². The van der Waals surface area contributed by atoms with Gasteiger partial charge in [-0.25, -0.2) is 0 Å². The molecule has 0 aromatic carbocycles. The predicted octanol–water partition coefficient (Wildman–Crippen LogP) is 1.47. The van der Waals surface area contributed by atoms with Crippen molar-refractivity contribution in [1.82, 2.24) is 10.3 Å². The second kappa shape index (κ2) is 4.96. The minimum absolute atomic E-state index is 0.140. The maximum atomic E-state index is 11.4. The first-order valence-corrected chi connectivity index (χ1v) is 5.70. The van der Waals surface area contributed by atoms with E-state index in [4.69, 9.17) is 0 Å². The highest BCUT2D eigenvalue weighted by Crippen LogP contribution is 2.18. The number of aryl methyl sites for hydroxylation is 1. The zero-order chi connectivity index (χ0) is 11.4. The van der Waals surface area contributed by atoms with Crippen LogP contribution in [0.1, 0.15) is 25.0 Å². The third-order valence-electron chi connectivity index (χ3n) is 2.52. The van der Waals surface area contributed by atoms with Crippen LogP contribution in [0.3, 0.4) is 0 Å². The molecular formula is C12H17N3O. The molecule has 1 fully saturated rings. The van der Waals surface area contributed by atoms with Gasteiger partial charge in [0.2, 0.25) is 5.91 Å². The van der Waals surface area contributed by atoms with E-state index in [1.165, 1.54) is 0 Å². The second-order valence-corrected chi connectivity index (χ2v) is 4.20. The number of aromatic nitrogens is 1. The highest BCUT2D eigenvalue weighted by Gasteiger charge is 2.22. The quantitative estimate of drug-likeness (QED) is 0.788. The Hall–Kier alpha value is -1.58. The van der Waals surface area contributed by atoms with Gasteiger partial charge in [0.25, 0.3) is 0 Å². The lowest BCUT2D eigenvalue weighted by molar-refractivity contribution is -0.120. The van der Waals surface area contributed by atoms with Gasteiger partial charge in [0.1, 0.15) is 0 Å². The Kier molecular flexibility index (Phi) is 3.39. The molecule has 0 bridgehead atoms. The van der Waals surface area contributed by atoms with Gasteiger partial charge in [0.05, 0.1) is 0 Å². The van der Waals surface area contributed by atoms with E-state index in [1.807, 2.05) is 19.1 Å². The Balaban J connectivity index is 1.68. The number of nitrogens with one attached hydrogen (secondary N) is 2. The van der Waals surface area contributed by atoms with Crippen LogP contribution in [0.5, 0.6) is 0 Å². The lowest BCUT2D eigenvalue weighted by Crippen LogP contribution is -2.27. The summed E-state index contributed by atoms with van der Waals surface area (Å²) in [6.45, 7) is 2.62. The van der Waals surface area contributed by atoms with E-state index >= 15 is 0 Å². The lowest BCUT2D eigenvalue weighted by atomic mass is 10.3. The molecule has 0 unspecified atom stereocenters. The van der Waals surface area contributed by atoms with Crippen LogP contribution in [0.25, 0.3) is 0 Å². The fraction of sp³-hybridized carbons (Fsp3) is 0.500. The Bertz CT molecular complexity index is 374. The summed E-state index contributed by atoms with van der Waals surface area (Å²) >= 11 is 0. The van der Waals surface area contributed by atoms with Crippen LogP contribution in [0.4, 0.5) is 5.69 Å². The maximum Gasteiger partial charge on any atom is 0.221 e. The first-order chi connectivity index (χ1) is 7.74. The number of hydrogen-bond donors (Lipinski definition) is 2. The SMILES string of the molecule is Cc1cc(NCCC(=O)NC2CC2)ccn1. The summed E-state index contributed by atoms with van der Waals surface area (Å²) in [6, 6.07) is 4.33. The Labute approximate surface area is 95.5 Å². The van der Waals surface area contributed by atoms with Gasteiger partial charge in [-0.05, 0) is 31.9 Å². The predicted molar refractivity (Wildman–Crippen MR) is 63.2 cm³/mol. The molecule has 1 heterocycles. The zero-order valence-electron chi connectivity index (χ0n) is 9.49. The molecule has 4 heteroatoms. The maximum absolute atomic E-state index is 11.4. The number of rotatable bonds is 5. The van der Waals surface area contributed by atoms with E-state index in [0.717, 1.165) is 24.2 Å². The van der Waals surface area contributed by atoms with E-state index in [-0.39, 0.29) is 5.91 Å². The highest BCUT2D eigenvalue weighted by atomic mass is 16.1. The van der Waals surface area contributed by atoms with Crippen molar-refractivity contribution in [2.45, 2.75) is 32.2 Å². The largest absolute Gasteiger partial charge is 0.384 e. The normalized spacial score (nSPS) is 14.6. The number of nitrogens with zero attached hydrogens (tertiary/aromatic N) is 1. The first kappa shape index (κ1) is 10.9. The van der Waals surface area contributed by atoms with Crippen molar-refractivity contribution in [2.75, 3.05) is 11.9 Å². The minimum Gasteiger partial charge on any atom is -0.384 e. The van der Waals surface area contributed by atoms with Crippen LogP contribution in [0.15, 0.2) is 18.3 Å². The van der Waals surface area contributed by atoms with Crippen LogP contribution < -0.4 is 10.6 Å². The molecule has 0 atom stereocenters. The second-order valence-electron chi connectivity index (χ2n) is 4.20. The van der Waals surface area contributed by atoms with Crippen LogP contribution in [-0.2, 0) is 4.79 Å². The summed E-state index contributed by atoms with van der Waals surface area (Å²) < 4.78 is 0. The molecule has 2 N–H and O–H groups in total. The van der Waals surface area contributed by atoms with Crippen LogP contribution >= 0.6 is 0 Å². The molecule has 0 saturated heterocycles. The summed E-state index contributed by atoms with van der Waals surface area (Å²) in [4.78, 5) is 15.5. The van der Waals surface area contributed by atoms with Gasteiger partial charge < -0.3 is 10.6 Å². The molecule has 1 saturated carbocycles. The van der Waals surface area contributed by atoms with Gasteiger partial charge in [-0.15, -0.1) is 0 Å². The smallest absolute Gasteiger partial charge is 0.221 e. The molecule has 1 aliphatic rings. The minimum atomic E-state index is 0.140. The highest BCUT2D eigenvalue weighted by molar-refractivity contribution is 5.77. The Morgan fingerprint density at radius 2 is 2.38 bits per heavy atom. The summed E-state index contributed by atoms with van der Waals surface area (Å²) in [6.07, 6.45) is 4.57. The van der Waals surface area contributed by atoms with Gasteiger partial charge in [-0.1, -0.05) is 0 Å². The van der Waals surface area contributed by atoms with Gasteiger partial charge in [-0.3, -0.25) is 9.78 Å². The molecule has 86 valence electrons. The molecule has 0 spiro atoms. The van der Waals surface area contributed by atoms with Gasteiger partial charge in [0, 0.05) is 36.6 Å². The molecule has 0 radical (unpaired) electrons. The monoisotopic (exact) mass is 219 g/mol. The van der Waals surface area contributed by atoms with Crippen LogP contribution in [0.2, 0.25) is 0 Å². The number of carbonyl (C=O) groups excluding carboxylic acids is 1. The number of carbonyl (C=O) groups is 1. The van der Waals surface area contributed by atoms with Gasteiger partial charge in [-0.2, -0.15) is 0 Å². The average molecular weight is 219 g/mol. The lowest BCUT2D eigenvalue weighted by Gasteiger charge is -2.06. The summed E-state index contributed by atoms with van der Waals surface area (Å²) in [5, 5.41) is 6.17. The molecule has 2 rings (SSSR count). The number of pyridine rings is 1. The number of hydrogen-bond acceptors (Lipinski definition) is 3. The van der Waals surface area contributed by atoms with Crippen LogP contribution in [0, 0.1) is 6.92 Å². The summed E-state index contributed by atoms with van der Waals surface area (Å²) in [5.41, 5.74) is 2.00. The zero-order valence-corrected chi connectivity index (χ0v) is 9.49. The first-order valence-electron chi connectivity index (χ1n) is 5.70. The third-order valence-corrected chi connectivity index (χ3v) is 2.52. The summed E-state index contributed by atoms with van der Waals surface area (Å²) in [7, 11) is 0. The Morgan fingerprint density at radius 3 is 3.06 bits per heavy atom. The van der Waals surface area contributed by atoms with Crippen molar-refractivity contribution in [1.29, 1.82) is 0 Å². The van der Waals surface area contributed by atoms with Crippen molar-refractivity contribution in [2.24, 2.45) is 0 Å². The fourth-order valence-electron chi connectivity index (χ4n) is 1.50. The Morgan fingerprint density at radius 1 is 1.56 bits per heavy atom. The topological polar surface area (TPSA) is 54.0 Å². The molecule has 1 amide bonds. The van der Waals surface area contributed by atoms with E-state index in [1.54, 1.807) is 6.20 Å². The van der Waals surface area contributed by atoms with Crippen molar-refractivity contribution in [3.63, 3.8) is 0 Å². The van der Waals surface area contributed by atoms with Crippen molar-refractivity contribution in [3.05, 3.63) is 24.0 Å². The molecular weight excluding hydrogens is 202 g/mol. The van der Waals surface area contributed by atoms with E-state index in [9.17, 15) is 4.79 Å². The van der Waals surface area contributed by atoms with E-state index in [2.05, 4.69) is 15.6 Å². The van der Waals surface area contributed by atoms with Gasteiger partial charge >= 0.3 is 0 Å². The summed E-state index contributed by atoms with van der Waals surface area (Å²) in [5.74, 6) is 0.140. The fourth-order valence-corrected chi connectivity index (χ4v) is 1.50. The molecule has 1 aromatic heterocycles. The van der Waals surface area contributed by atoms with Gasteiger partial charge in [0.15, 0.2) is 0 Å². The molecule has 16 heavy (non-hydrogen) atoms. The van der Waals surface area contributed by atoms with E-state index in [0.29, 0.717) is 19.0 Å². The average Bonchev–Trinajstić information content (AvgIpc) is 3.02. The standard InChI is InChI=1S/C12H17N3O/c1-9-8-11(4-6-13-9)14-7-5-12(16)15-10-2-3-10/h4,6,8,10H,2-3,5,7H2,1H3,(H,13,14)(H,15,16). The number of anilines is 1.